The van der Waals surface area contributed by atoms with Crippen molar-refractivity contribution >= 4 is 17.5 Å². The SMILES string of the molecule is CNC(C)C(=O)N(C)CCOc1ccccc1Cl. The number of benzene rings is 1. The minimum atomic E-state index is -0.185. The van der Waals surface area contributed by atoms with E-state index >= 15 is 0 Å². The number of likely N-dealkylation sites (N-methyl/N-ethyl adjacent to an activating group) is 2. The van der Waals surface area contributed by atoms with Crippen molar-refractivity contribution in [2.24, 2.45) is 0 Å². The highest BCUT2D eigenvalue weighted by Crippen LogP contribution is 2.22. The van der Waals surface area contributed by atoms with Gasteiger partial charge in [0.25, 0.3) is 0 Å². The smallest absolute Gasteiger partial charge is 0.239 e. The molecule has 0 fully saturated rings. The summed E-state index contributed by atoms with van der Waals surface area (Å²) in [5.74, 6) is 0.682. The molecule has 18 heavy (non-hydrogen) atoms. The van der Waals surface area contributed by atoms with Gasteiger partial charge in [0.1, 0.15) is 12.4 Å². The second-order valence-electron chi connectivity index (χ2n) is 4.05. The van der Waals surface area contributed by atoms with E-state index in [4.69, 9.17) is 16.3 Å². The Morgan fingerprint density at radius 1 is 1.50 bits per heavy atom. The predicted molar refractivity (Wildman–Crippen MR) is 73.1 cm³/mol. The fraction of sp³-hybridized carbons (Fsp3) is 0.462. The van der Waals surface area contributed by atoms with Crippen LogP contribution in [0.5, 0.6) is 5.75 Å². The van der Waals surface area contributed by atoms with Crippen LogP contribution >= 0.6 is 11.6 Å². The second kappa shape index (κ2) is 7.24. The van der Waals surface area contributed by atoms with Crippen molar-refractivity contribution < 1.29 is 9.53 Å². The van der Waals surface area contributed by atoms with Crippen LogP contribution in [-0.2, 0) is 4.79 Å². The highest BCUT2D eigenvalue weighted by Gasteiger charge is 2.15. The molecule has 0 bridgehead atoms. The summed E-state index contributed by atoms with van der Waals surface area (Å²) in [6.45, 7) is 2.77. The fourth-order valence-corrected chi connectivity index (χ4v) is 1.61. The Kier molecular flexibility index (Phi) is 5.95. The largest absolute Gasteiger partial charge is 0.490 e. The van der Waals surface area contributed by atoms with E-state index in [0.29, 0.717) is 23.9 Å². The Bertz CT molecular complexity index is 398. The van der Waals surface area contributed by atoms with E-state index in [1.54, 1.807) is 31.1 Å². The van der Waals surface area contributed by atoms with E-state index in [1.807, 2.05) is 19.1 Å². The summed E-state index contributed by atoms with van der Waals surface area (Å²) in [6, 6.07) is 7.10. The third kappa shape index (κ3) is 4.20. The molecule has 0 aromatic heterocycles. The highest BCUT2D eigenvalue weighted by atomic mass is 35.5. The van der Waals surface area contributed by atoms with E-state index in [-0.39, 0.29) is 11.9 Å². The first-order valence-electron chi connectivity index (χ1n) is 5.86. The van der Waals surface area contributed by atoms with Gasteiger partial charge < -0.3 is 15.0 Å². The summed E-state index contributed by atoms with van der Waals surface area (Å²) in [7, 11) is 3.52. The molecule has 100 valence electrons. The number of para-hydroxylation sites is 1. The molecule has 0 saturated heterocycles. The molecule has 0 radical (unpaired) electrons. The van der Waals surface area contributed by atoms with Gasteiger partial charge in [0, 0.05) is 7.05 Å². The lowest BCUT2D eigenvalue weighted by Gasteiger charge is -2.21. The van der Waals surface area contributed by atoms with Gasteiger partial charge in [0.15, 0.2) is 0 Å². The standard InChI is InChI=1S/C13H19ClN2O2/c1-10(15-2)13(17)16(3)8-9-18-12-7-5-4-6-11(12)14/h4-7,10,15H,8-9H2,1-3H3. The number of hydrogen-bond acceptors (Lipinski definition) is 3. The number of rotatable bonds is 6. The van der Waals surface area contributed by atoms with Crippen LogP contribution in [0.2, 0.25) is 5.02 Å². The molecule has 1 rings (SSSR count). The van der Waals surface area contributed by atoms with Gasteiger partial charge in [-0.2, -0.15) is 0 Å². The lowest BCUT2D eigenvalue weighted by molar-refractivity contribution is -0.131. The maximum absolute atomic E-state index is 11.8. The van der Waals surface area contributed by atoms with E-state index in [0.717, 1.165) is 0 Å². The molecule has 0 aliphatic heterocycles. The van der Waals surface area contributed by atoms with Crippen molar-refractivity contribution in [2.45, 2.75) is 13.0 Å². The van der Waals surface area contributed by atoms with E-state index in [9.17, 15) is 4.79 Å². The Morgan fingerprint density at radius 3 is 2.78 bits per heavy atom. The van der Waals surface area contributed by atoms with Crippen molar-refractivity contribution in [3.05, 3.63) is 29.3 Å². The van der Waals surface area contributed by atoms with Crippen LogP contribution in [0.1, 0.15) is 6.92 Å². The minimum absolute atomic E-state index is 0.0419. The summed E-state index contributed by atoms with van der Waals surface area (Å²) in [5.41, 5.74) is 0. The van der Waals surface area contributed by atoms with Crippen LogP contribution in [0.3, 0.4) is 0 Å². The van der Waals surface area contributed by atoms with Gasteiger partial charge in [0.05, 0.1) is 17.6 Å². The average Bonchev–Trinajstić information content (AvgIpc) is 2.39. The predicted octanol–water partition coefficient (Wildman–Crippen LogP) is 1.79. The zero-order valence-corrected chi connectivity index (χ0v) is 11.7. The molecule has 0 spiro atoms. The molecule has 4 nitrogen and oxygen atoms in total. The first kappa shape index (κ1) is 14.8. The van der Waals surface area contributed by atoms with Crippen LogP contribution in [0.25, 0.3) is 0 Å². The third-order valence-corrected chi connectivity index (χ3v) is 3.01. The Hall–Kier alpha value is -1.26. The van der Waals surface area contributed by atoms with Gasteiger partial charge in [-0.3, -0.25) is 4.79 Å². The van der Waals surface area contributed by atoms with E-state index < -0.39 is 0 Å². The lowest BCUT2D eigenvalue weighted by atomic mass is 10.3. The molecular formula is C13H19ClN2O2. The van der Waals surface area contributed by atoms with Crippen LogP contribution in [0.15, 0.2) is 24.3 Å². The van der Waals surface area contributed by atoms with Crippen molar-refractivity contribution in [1.29, 1.82) is 0 Å². The maximum atomic E-state index is 11.8. The first-order chi connectivity index (χ1) is 8.56. The van der Waals surface area contributed by atoms with Gasteiger partial charge in [-0.15, -0.1) is 0 Å². The number of halogens is 1. The number of nitrogens with one attached hydrogen (secondary N) is 1. The number of carbonyl (C=O) groups is 1. The quantitative estimate of drug-likeness (QED) is 0.857. The van der Waals surface area contributed by atoms with Gasteiger partial charge in [-0.25, -0.2) is 0 Å². The Balaban J connectivity index is 2.38. The molecule has 0 aliphatic carbocycles. The summed E-state index contributed by atoms with van der Waals surface area (Å²) >= 11 is 5.96. The summed E-state index contributed by atoms with van der Waals surface area (Å²) < 4.78 is 5.52. The summed E-state index contributed by atoms with van der Waals surface area (Å²) in [6.07, 6.45) is 0. The van der Waals surface area contributed by atoms with Crippen molar-refractivity contribution in [3.8, 4) is 5.75 Å². The van der Waals surface area contributed by atoms with Gasteiger partial charge in [0.2, 0.25) is 5.91 Å². The summed E-state index contributed by atoms with van der Waals surface area (Å²) in [4.78, 5) is 13.4. The molecular weight excluding hydrogens is 252 g/mol. The minimum Gasteiger partial charge on any atom is -0.490 e. The normalized spacial score (nSPS) is 12.0. The molecule has 1 atom stereocenters. The second-order valence-corrected chi connectivity index (χ2v) is 4.46. The molecule has 5 heteroatoms. The molecule has 1 aromatic rings. The van der Waals surface area contributed by atoms with E-state index in [1.165, 1.54) is 0 Å². The fourth-order valence-electron chi connectivity index (χ4n) is 1.42. The Morgan fingerprint density at radius 2 is 2.17 bits per heavy atom. The highest BCUT2D eigenvalue weighted by molar-refractivity contribution is 6.32. The zero-order valence-electron chi connectivity index (χ0n) is 10.9. The van der Waals surface area contributed by atoms with Crippen LogP contribution in [-0.4, -0.2) is 44.1 Å². The molecule has 0 saturated carbocycles. The summed E-state index contributed by atoms with van der Waals surface area (Å²) in [5, 5.41) is 3.49. The molecule has 1 aromatic carbocycles. The van der Waals surface area contributed by atoms with Crippen LogP contribution in [0.4, 0.5) is 0 Å². The number of ether oxygens (including phenoxy) is 1. The van der Waals surface area contributed by atoms with Crippen molar-refractivity contribution in [1.82, 2.24) is 10.2 Å². The molecule has 0 aliphatic rings. The molecule has 1 unspecified atom stereocenters. The van der Waals surface area contributed by atoms with Gasteiger partial charge >= 0.3 is 0 Å². The number of hydrogen-bond donors (Lipinski definition) is 1. The Labute approximate surface area is 113 Å². The molecule has 0 heterocycles. The maximum Gasteiger partial charge on any atom is 0.239 e. The van der Waals surface area contributed by atoms with Gasteiger partial charge in [-0.1, -0.05) is 23.7 Å². The molecule has 1 N–H and O–H groups in total. The van der Waals surface area contributed by atoms with Crippen LogP contribution < -0.4 is 10.1 Å². The van der Waals surface area contributed by atoms with Crippen molar-refractivity contribution in [3.63, 3.8) is 0 Å². The third-order valence-electron chi connectivity index (χ3n) is 2.70. The number of nitrogens with zero attached hydrogens (tertiary/aromatic N) is 1. The number of carbonyl (C=O) groups excluding carboxylic acids is 1. The lowest BCUT2D eigenvalue weighted by Crippen LogP contribution is -2.43. The van der Waals surface area contributed by atoms with Crippen LogP contribution in [0, 0.1) is 0 Å². The molecule has 1 amide bonds. The number of amides is 1. The zero-order chi connectivity index (χ0) is 13.5. The average molecular weight is 271 g/mol. The van der Waals surface area contributed by atoms with Gasteiger partial charge in [-0.05, 0) is 26.1 Å². The topological polar surface area (TPSA) is 41.6 Å². The monoisotopic (exact) mass is 270 g/mol. The van der Waals surface area contributed by atoms with E-state index in [2.05, 4.69) is 5.32 Å². The van der Waals surface area contributed by atoms with Crippen molar-refractivity contribution in [2.75, 3.05) is 27.2 Å². The first-order valence-corrected chi connectivity index (χ1v) is 6.23.